The molecule has 0 aromatic carbocycles. The number of pyridine rings is 2. The summed E-state index contributed by atoms with van der Waals surface area (Å²) in [4.78, 5) is 33.0. The van der Waals surface area contributed by atoms with Gasteiger partial charge in [0.05, 0.1) is 11.7 Å². The summed E-state index contributed by atoms with van der Waals surface area (Å²) in [5.41, 5.74) is 0.368. The van der Waals surface area contributed by atoms with Crippen LogP contribution < -0.4 is 10.2 Å². The van der Waals surface area contributed by atoms with Crippen molar-refractivity contribution < 1.29 is 19.8 Å². The van der Waals surface area contributed by atoms with Crippen LogP contribution in [0.25, 0.3) is 5.65 Å². The number of aliphatic hydroxyl groups excluding tert-OH is 1. The average molecular weight is 431 g/mol. The Morgan fingerprint density at radius 1 is 1.30 bits per heavy atom. The third kappa shape index (κ3) is 4.05. The van der Waals surface area contributed by atoms with Gasteiger partial charge in [-0.3, -0.25) is 9.78 Å². The van der Waals surface area contributed by atoms with Crippen molar-refractivity contribution in [2.75, 3.05) is 10.2 Å². The Hall–Kier alpha value is -3.24. The second kappa shape index (κ2) is 8.25. The van der Waals surface area contributed by atoms with E-state index in [0.717, 1.165) is 19.3 Å². The molecule has 3 aromatic rings. The second-order valence-electron chi connectivity index (χ2n) is 7.07. The van der Waals surface area contributed by atoms with Crippen LogP contribution in [0.2, 0.25) is 5.02 Å². The summed E-state index contributed by atoms with van der Waals surface area (Å²) < 4.78 is 1.40. The first kappa shape index (κ1) is 20.0. The van der Waals surface area contributed by atoms with Gasteiger partial charge in [0.2, 0.25) is 0 Å². The molecule has 3 N–H and O–H groups in total. The summed E-state index contributed by atoms with van der Waals surface area (Å²) in [6, 6.07) is 6.16. The molecule has 2 unspecified atom stereocenters. The van der Waals surface area contributed by atoms with Gasteiger partial charge < -0.3 is 15.5 Å². The zero-order valence-electron chi connectivity index (χ0n) is 15.8. The quantitative estimate of drug-likeness (QED) is 0.575. The summed E-state index contributed by atoms with van der Waals surface area (Å²) in [5.74, 6) is -0.623. The predicted molar refractivity (Wildman–Crippen MR) is 109 cm³/mol. The maximum absolute atomic E-state index is 12.7. The maximum atomic E-state index is 12.7. The fourth-order valence-corrected chi connectivity index (χ4v) is 3.72. The Morgan fingerprint density at radius 2 is 2.13 bits per heavy atom. The van der Waals surface area contributed by atoms with E-state index in [-0.39, 0.29) is 29.3 Å². The highest BCUT2D eigenvalue weighted by atomic mass is 35.5. The first-order chi connectivity index (χ1) is 14.4. The van der Waals surface area contributed by atoms with Crippen LogP contribution in [0.3, 0.4) is 0 Å². The van der Waals surface area contributed by atoms with Crippen molar-refractivity contribution in [3.05, 3.63) is 47.2 Å². The van der Waals surface area contributed by atoms with Gasteiger partial charge in [0.1, 0.15) is 5.82 Å². The van der Waals surface area contributed by atoms with E-state index in [1.807, 2.05) is 0 Å². The number of carboxylic acid groups (broad SMARTS) is 1. The summed E-state index contributed by atoms with van der Waals surface area (Å²) in [6.07, 6.45) is 3.95. The molecule has 3 heterocycles. The van der Waals surface area contributed by atoms with Gasteiger partial charge in [-0.15, -0.1) is 5.10 Å². The number of halogens is 1. The van der Waals surface area contributed by atoms with Gasteiger partial charge in [0.25, 0.3) is 11.9 Å². The number of anilines is 2. The SMILES string of the molecule is O=C(O)N(C(=O)c1cccnc1)c1nc2cc(Cl)cc(NC3CCCC(O)C3)n2n1. The van der Waals surface area contributed by atoms with Crippen molar-refractivity contribution in [2.45, 2.75) is 37.8 Å². The van der Waals surface area contributed by atoms with E-state index in [2.05, 4.69) is 20.4 Å². The number of nitrogens with zero attached hydrogens (tertiary/aromatic N) is 5. The lowest BCUT2D eigenvalue weighted by Gasteiger charge is -2.27. The van der Waals surface area contributed by atoms with Crippen LogP contribution in [0.4, 0.5) is 16.6 Å². The summed E-state index contributed by atoms with van der Waals surface area (Å²) in [7, 11) is 0. The van der Waals surface area contributed by atoms with E-state index in [0.29, 0.717) is 22.2 Å². The van der Waals surface area contributed by atoms with Gasteiger partial charge in [-0.2, -0.15) is 14.4 Å². The van der Waals surface area contributed by atoms with Gasteiger partial charge >= 0.3 is 6.09 Å². The molecule has 3 aromatic heterocycles. The first-order valence-electron chi connectivity index (χ1n) is 9.40. The van der Waals surface area contributed by atoms with Crippen LogP contribution in [0.1, 0.15) is 36.0 Å². The Labute approximate surface area is 176 Å². The van der Waals surface area contributed by atoms with Gasteiger partial charge in [0, 0.05) is 29.5 Å². The highest BCUT2D eigenvalue weighted by molar-refractivity contribution is 6.31. The number of aliphatic hydroxyl groups is 1. The molecule has 4 rings (SSSR count). The molecular weight excluding hydrogens is 412 g/mol. The Balaban J connectivity index is 1.71. The molecule has 30 heavy (non-hydrogen) atoms. The Bertz CT molecular complexity index is 1090. The number of rotatable bonds is 4. The molecule has 1 fully saturated rings. The van der Waals surface area contributed by atoms with E-state index < -0.39 is 12.0 Å². The summed E-state index contributed by atoms with van der Waals surface area (Å²) in [6.45, 7) is 0. The van der Waals surface area contributed by atoms with Crippen molar-refractivity contribution in [2.24, 2.45) is 0 Å². The van der Waals surface area contributed by atoms with Crippen molar-refractivity contribution >= 4 is 41.0 Å². The molecule has 0 spiro atoms. The lowest BCUT2D eigenvalue weighted by atomic mass is 9.93. The number of imide groups is 1. The lowest BCUT2D eigenvalue weighted by Crippen LogP contribution is -2.36. The number of hydrogen-bond acceptors (Lipinski definition) is 7. The topological polar surface area (TPSA) is 133 Å². The van der Waals surface area contributed by atoms with E-state index in [4.69, 9.17) is 11.6 Å². The van der Waals surface area contributed by atoms with E-state index in [1.54, 1.807) is 6.07 Å². The molecule has 1 saturated carbocycles. The fraction of sp³-hybridized carbons (Fsp3) is 0.316. The molecule has 1 aliphatic rings. The van der Waals surface area contributed by atoms with Crippen molar-refractivity contribution in [3.8, 4) is 0 Å². The predicted octanol–water partition coefficient (Wildman–Crippen LogP) is 2.82. The normalized spacial score (nSPS) is 18.9. The Kier molecular flexibility index (Phi) is 5.51. The minimum absolute atomic E-state index is 0.00988. The van der Waals surface area contributed by atoms with Crippen molar-refractivity contribution in [3.63, 3.8) is 0 Å². The first-order valence-corrected chi connectivity index (χ1v) is 9.78. The largest absolute Gasteiger partial charge is 0.464 e. The average Bonchev–Trinajstić information content (AvgIpc) is 3.12. The summed E-state index contributed by atoms with van der Waals surface area (Å²) in [5, 5.41) is 27.4. The van der Waals surface area contributed by atoms with Crippen LogP contribution >= 0.6 is 11.6 Å². The van der Waals surface area contributed by atoms with Gasteiger partial charge in [0.15, 0.2) is 5.65 Å². The highest BCUT2D eigenvalue weighted by Gasteiger charge is 2.29. The van der Waals surface area contributed by atoms with Crippen LogP contribution in [0.5, 0.6) is 0 Å². The number of amides is 2. The molecule has 1 aliphatic carbocycles. The molecule has 10 nitrogen and oxygen atoms in total. The van der Waals surface area contributed by atoms with Crippen LogP contribution in [-0.2, 0) is 0 Å². The summed E-state index contributed by atoms with van der Waals surface area (Å²) >= 11 is 6.20. The molecule has 0 saturated heterocycles. The number of fused-ring (bicyclic) bond motifs is 1. The van der Waals surface area contributed by atoms with Gasteiger partial charge in [-0.1, -0.05) is 11.6 Å². The van der Waals surface area contributed by atoms with Crippen molar-refractivity contribution in [1.29, 1.82) is 0 Å². The molecule has 0 bridgehead atoms. The van der Waals surface area contributed by atoms with Crippen LogP contribution in [0, 0.1) is 0 Å². The monoisotopic (exact) mass is 430 g/mol. The highest BCUT2D eigenvalue weighted by Crippen LogP contribution is 2.26. The van der Waals surface area contributed by atoms with E-state index in [9.17, 15) is 19.8 Å². The second-order valence-corrected chi connectivity index (χ2v) is 7.50. The van der Waals surface area contributed by atoms with Crippen LogP contribution in [0.15, 0.2) is 36.7 Å². The van der Waals surface area contributed by atoms with Gasteiger partial charge in [-0.25, -0.2) is 4.79 Å². The van der Waals surface area contributed by atoms with Gasteiger partial charge in [-0.05, 0) is 43.9 Å². The minimum Gasteiger partial charge on any atom is -0.464 e. The molecule has 11 heteroatoms. The zero-order chi connectivity index (χ0) is 21.3. The molecule has 0 radical (unpaired) electrons. The number of carbonyl (C=O) groups excluding carboxylic acids is 1. The Morgan fingerprint density at radius 3 is 2.83 bits per heavy atom. The van der Waals surface area contributed by atoms with E-state index in [1.165, 1.54) is 35.1 Å². The third-order valence-electron chi connectivity index (χ3n) is 4.89. The smallest absolute Gasteiger partial charge is 0.421 e. The number of aromatic nitrogens is 4. The molecular formula is C19H19ClN6O4. The minimum atomic E-state index is -1.52. The molecule has 2 atom stereocenters. The number of nitrogens with one attached hydrogen (secondary N) is 1. The molecule has 2 amide bonds. The lowest BCUT2D eigenvalue weighted by molar-refractivity contribution is 0.0981. The van der Waals surface area contributed by atoms with E-state index >= 15 is 0 Å². The van der Waals surface area contributed by atoms with Crippen molar-refractivity contribution in [1.82, 2.24) is 19.6 Å². The van der Waals surface area contributed by atoms with Crippen LogP contribution in [-0.4, -0.2) is 53.9 Å². The zero-order valence-corrected chi connectivity index (χ0v) is 16.5. The number of carbonyl (C=O) groups is 2. The third-order valence-corrected chi connectivity index (χ3v) is 5.11. The maximum Gasteiger partial charge on any atom is 0.421 e. The molecule has 156 valence electrons. The fourth-order valence-electron chi connectivity index (χ4n) is 3.52. The molecule has 0 aliphatic heterocycles. The number of hydrogen-bond donors (Lipinski definition) is 3. The standard InChI is InChI=1S/C19H19ClN6O4/c20-12-7-15(22-13-4-1-5-14(27)9-13)26-16(8-12)23-18(24-26)25(19(29)30)17(28)11-3-2-6-21-10-11/h2-3,6-8,10,13-14,22,27H,1,4-5,9H2,(H,29,30).